The Morgan fingerprint density at radius 3 is 1.78 bits per heavy atom. The average Bonchev–Trinajstić information content (AvgIpc) is 3.62. The van der Waals surface area contributed by atoms with E-state index < -0.39 is 0 Å². The van der Waals surface area contributed by atoms with Gasteiger partial charge in [-0.05, 0) is 114 Å². The van der Waals surface area contributed by atoms with Crippen molar-refractivity contribution >= 4 is 91.7 Å². The second-order valence-corrected chi connectivity index (χ2v) is 15.2. The SMILES string of the molecule is c1cc(-c2cc3ccccc3c3ccccc23)cc(N(c2ccc(-c3ccc4ccccc4c3)cc2)c2ccc3c(c2)sc2c4ccccc4ccc32)c1. The summed E-state index contributed by atoms with van der Waals surface area (Å²) in [6, 6.07) is 73.5. The van der Waals surface area contributed by atoms with Gasteiger partial charge in [0.1, 0.15) is 0 Å². The van der Waals surface area contributed by atoms with E-state index in [1.54, 1.807) is 0 Å². The van der Waals surface area contributed by atoms with E-state index in [0.717, 1.165) is 17.1 Å². The van der Waals surface area contributed by atoms with E-state index >= 15 is 0 Å². The first-order valence-corrected chi connectivity index (χ1v) is 19.3. The Balaban J connectivity index is 1.08. The summed E-state index contributed by atoms with van der Waals surface area (Å²) in [5, 5.41) is 12.8. The minimum Gasteiger partial charge on any atom is -0.310 e. The van der Waals surface area contributed by atoms with Crippen LogP contribution >= 0.6 is 11.3 Å². The van der Waals surface area contributed by atoms with Crippen LogP contribution in [-0.2, 0) is 0 Å². The smallest absolute Gasteiger partial charge is 0.0476 e. The Morgan fingerprint density at radius 2 is 0.926 bits per heavy atom. The molecule has 0 saturated heterocycles. The highest BCUT2D eigenvalue weighted by Crippen LogP contribution is 2.44. The highest BCUT2D eigenvalue weighted by atomic mass is 32.1. The van der Waals surface area contributed by atoms with Gasteiger partial charge in [-0.2, -0.15) is 0 Å². The maximum absolute atomic E-state index is 2.42. The highest BCUT2D eigenvalue weighted by Gasteiger charge is 2.18. The van der Waals surface area contributed by atoms with Crippen LogP contribution in [0.1, 0.15) is 0 Å². The zero-order chi connectivity index (χ0) is 35.6. The molecule has 2 heteroatoms. The Morgan fingerprint density at radius 1 is 0.296 bits per heavy atom. The molecule has 54 heavy (non-hydrogen) atoms. The van der Waals surface area contributed by atoms with Gasteiger partial charge in [0.2, 0.25) is 0 Å². The van der Waals surface area contributed by atoms with Crippen molar-refractivity contribution in [1.29, 1.82) is 0 Å². The fourth-order valence-corrected chi connectivity index (χ4v) is 9.63. The molecule has 0 spiro atoms. The lowest BCUT2D eigenvalue weighted by atomic mass is 9.93. The van der Waals surface area contributed by atoms with Gasteiger partial charge in [0.25, 0.3) is 0 Å². The number of nitrogens with zero attached hydrogens (tertiary/aromatic N) is 1. The first-order valence-electron chi connectivity index (χ1n) is 18.5. The number of rotatable bonds is 5. The zero-order valence-electron chi connectivity index (χ0n) is 29.4. The predicted octanol–water partition coefficient (Wildman–Crippen LogP) is 15.5. The summed E-state index contributed by atoms with van der Waals surface area (Å²) in [7, 11) is 0. The fourth-order valence-electron chi connectivity index (χ4n) is 8.36. The van der Waals surface area contributed by atoms with Crippen LogP contribution in [0.25, 0.3) is 85.5 Å². The van der Waals surface area contributed by atoms with Crippen LogP contribution in [0.15, 0.2) is 200 Å². The number of benzene rings is 10. The number of thiophene rings is 1. The molecule has 0 radical (unpaired) electrons. The molecule has 11 aromatic rings. The molecular weight excluding hydrogens is 671 g/mol. The molecule has 0 aliphatic heterocycles. The molecule has 0 fully saturated rings. The van der Waals surface area contributed by atoms with E-state index in [4.69, 9.17) is 0 Å². The first-order chi connectivity index (χ1) is 26.7. The topological polar surface area (TPSA) is 3.24 Å². The van der Waals surface area contributed by atoms with Crippen LogP contribution in [0.2, 0.25) is 0 Å². The third-order valence-corrected chi connectivity index (χ3v) is 12.2. The maximum Gasteiger partial charge on any atom is 0.0476 e. The molecule has 0 bridgehead atoms. The number of fused-ring (bicyclic) bond motifs is 9. The largest absolute Gasteiger partial charge is 0.310 e. The summed E-state index contributed by atoms with van der Waals surface area (Å²) in [4.78, 5) is 2.42. The first kappa shape index (κ1) is 30.8. The lowest BCUT2D eigenvalue weighted by Gasteiger charge is -2.26. The van der Waals surface area contributed by atoms with Crippen LogP contribution in [0.5, 0.6) is 0 Å². The van der Waals surface area contributed by atoms with Gasteiger partial charge >= 0.3 is 0 Å². The van der Waals surface area contributed by atoms with Crippen LogP contribution < -0.4 is 4.90 Å². The van der Waals surface area contributed by atoms with Gasteiger partial charge in [0.15, 0.2) is 0 Å². The summed E-state index contributed by atoms with van der Waals surface area (Å²) in [5.74, 6) is 0. The summed E-state index contributed by atoms with van der Waals surface area (Å²) in [5.41, 5.74) is 8.23. The van der Waals surface area contributed by atoms with Crippen molar-refractivity contribution in [3.05, 3.63) is 200 Å². The lowest BCUT2D eigenvalue weighted by molar-refractivity contribution is 1.29. The van der Waals surface area contributed by atoms with E-state index in [2.05, 4.69) is 205 Å². The number of hydrogen-bond acceptors (Lipinski definition) is 2. The fraction of sp³-hybridized carbons (Fsp3) is 0. The average molecular weight is 704 g/mol. The quantitative estimate of drug-likeness (QED) is 0.161. The van der Waals surface area contributed by atoms with Gasteiger partial charge in [-0.25, -0.2) is 0 Å². The van der Waals surface area contributed by atoms with Crippen LogP contribution in [0.3, 0.4) is 0 Å². The molecule has 10 aromatic carbocycles. The van der Waals surface area contributed by atoms with Crippen molar-refractivity contribution in [2.75, 3.05) is 4.90 Å². The van der Waals surface area contributed by atoms with Crippen LogP contribution in [0, 0.1) is 0 Å². The summed E-state index contributed by atoms with van der Waals surface area (Å²) >= 11 is 1.89. The molecule has 1 aromatic heterocycles. The van der Waals surface area contributed by atoms with Gasteiger partial charge < -0.3 is 4.90 Å². The number of anilines is 3. The molecule has 0 atom stereocenters. The van der Waals surface area contributed by atoms with Gasteiger partial charge in [0, 0.05) is 37.2 Å². The minimum absolute atomic E-state index is 1.12. The van der Waals surface area contributed by atoms with Gasteiger partial charge in [0.05, 0.1) is 0 Å². The normalized spacial score (nSPS) is 11.7. The predicted molar refractivity (Wildman–Crippen MR) is 235 cm³/mol. The lowest BCUT2D eigenvalue weighted by Crippen LogP contribution is -2.10. The third-order valence-electron chi connectivity index (χ3n) is 11.0. The van der Waals surface area contributed by atoms with E-state index in [1.165, 1.54) is 85.5 Å². The zero-order valence-corrected chi connectivity index (χ0v) is 30.2. The Bertz CT molecular complexity index is 3230. The summed E-state index contributed by atoms with van der Waals surface area (Å²) < 4.78 is 2.63. The van der Waals surface area contributed by atoms with Crippen molar-refractivity contribution in [1.82, 2.24) is 0 Å². The van der Waals surface area contributed by atoms with Crippen molar-refractivity contribution in [2.45, 2.75) is 0 Å². The molecular formula is C52H33NS. The van der Waals surface area contributed by atoms with Crippen molar-refractivity contribution in [3.8, 4) is 22.3 Å². The van der Waals surface area contributed by atoms with Gasteiger partial charge in [-0.3, -0.25) is 0 Å². The second kappa shape index (κ2) is 12.4. The Hall–Kier alpha value is -6.74. The van der Waals surface area contributed by atoms with E-state index in [-0.39, 0.29) is 0 Å². The van der Waals surface area contributed by atoms with Crippen molar-refractivity contribution in [2.24, 2.45) is 0 Å². The van der Waals surface area contributed by atoms with E-state index in [0.29, 0.717) is 0 Å². The van der Waals surface area contributed by atoms with Gasteiger partial charge in [-0.15, -0.1) is 11.3 Å². The third kappa shape index (κ3) is 5.07. The van der Waals surface area contributed by atoms with Crippen LogP contribution in [-0.4, -0.2) is 0 Å². The standard InChI is InChI=1S/C52H33NS/c1-2-12-37-30-38(21-20-34(37)10-1)35-22-25-41(26-23-35)53(43-27-29-48-49-28-24-36-11-3-6-17-45(36)52(49)54-51(48)33-43)42-15-9-14-39(31-42)50-32-40-13-4-5-16-44(40)46-18-7-8-19-47(46)50/h1-33H. The molecule has 1 nitrogen and oxygen atoms in total. The minimum atomic E-state index is 1.12. The molecule has 0 N–H and O–H groups in total. The van der Waals surface area contributed by atoms with E-state index in [1.807, 2.05) is 11.3 Å². The maximum atomic E-state index is 2.42. The van der Waals surface area contributed by atoms with E-state index in [9.17, 15) is 0 Å². The molecule has 0 aliphatic rings. The second-order valence-electron chi connectivity index (χ2n) is 14.1. The monoisotopic (exact) mass is 703 g/mol. The molecule has 0 saturated carbocycles. The summed E-state index contributed by atoms with van der Waals surface area (Å²) in [6.45, 7) is 0. The highest BCUT2D eigenvalue weighted by molar-refractivity contribution is 7.26. The molecule has 252 valence electrons. The van der Waals surface area contributed by atoms with Crippen molar-refractivity contribution < 1.29 is 0 Å². The van der Waals surface area contributed by atoms with Crippen LogP contribution in [0.4, 0.5) is 17.1 Å². The molecule has 0 unspecified atom stereocenters. The van der Waals surface area contributed by atoms with Gasteiger partial charge in [-0.1, -0.05) is 152 Å². The molecule has 0 aliphatic carbocycles. The Labute approximate surface area is 317 Å². The van der Waals surface area contributed by atoms with Crippen molar-refractivity contribution in [3.63, 3.8) is 0 Å². The Kier molecular flexibility index (Phi) is 7.11. The molecule has 11 rings (SSSR count). The summed E-state index contributed by atoms with van der Waals surface area (Å²) in [6.07, 6.45) is 0. The molecule has 0 amide bonds. The molecule has 1 heterocycles. The number of hydrogen-bond donors (Lipinski definition) is 0.